The van der Waals surface area contributed by atoms with Gasteiger partial charge in [-0.1, -0.05) is 0 Å². The van der Waals surface area contributed by atoms with Crippen LogP contribution in [0.25, 0.3) is 0 Å². The van der Waals surface area contributed by atoms with Gasteiger partial charge in [0.25, 0.3) is 6.01 Å². The average molecular weight is 184 g/mol. The van der Waals surface area contributed by atoms with E-state index in [0.717, 1.165) is 24.8 Å². The van der Waals surface area contributed by atoms with Crippen molar-refractivity contribution in [3.8, 4) is 0 Å². The third kappa shape index (κ3) is 1.58. The Labute approximate surface area is 76.1 Å². The summed E-state index contributed by atoms with van der Waals surface area (Å²) in [6, 6.07) is 0.785. The lowest BCUT2D eigenvalue weighted by molar-refractivity contribution is 0.539. The van der Waals surface area contributed by atoms with Gasteiger partial charge in [-0.3, -0.25) is 0 Å². The van der Waals surface area contributed by atoms with E-state index in [1.807, 2.05) is 18.7 Å². The normalized spacial score (nSPS) is 18.2. The molecule has 4 heteroatoms. The molecule has 0 atom stereocenters. The van der Waals surface area contributed by atoms with E-state index in [4.69, 9.17) is 4.42 Å². The van der Waals surface area contributed by atoms with Gasteiger partial charge >= 0.3 is 0 Å². The minimum Gasteiger partial charge on any atom is -0.432 e. The molecule has 2 rings (SSSR count). The van der Waals surface area contributed by atoms with Gasteiger partial charge in [-0.05, 0) is 6.92 Å². The molecule has 0 saturated carbocycles. The van der Waals surface area contributed by atoms with E-state index in [1.165, 1.54) is 11.5 Å². The fraction of sp³-hybridized carbons (Fsp3) is 0.625. The first kappa shape index (κ1) is 7.98. The van der Waals surface area contributed by atoms with E-state index in [1.54, 1.807) is 6.26 Å². The van der Waals surface area contributed by atoms with Crippen molar-refractivity contribution in [1.82, 2.24) is 4.98 Å². The van der Waals surface area contributed by atoms with Gasteiger partial charge in [0.05, 0.1) is 5.69 Å². The minimum atomic E-state index is 0.785. The highest BCUT2D eigenvalue weighted by Gasteiger charge is 2.14. The average Bonchev–Trinajstić information content (AvgIpc) is 2.54. The Morgan fingerprint density at radius 1 is 1.50 bits per heavy atom. The van der Waals surface area contributed by atoms with Gasteiger partial charge in [-0.15, -0.1) is 0 Å². The third-order valence-electron chi connectivity index (χ3n) is 1.89. The van der Waals surface area contributed by atoms with E-state index >= 15 is 0 Å². The smallest absolute Gasteiger partial charge is 0.297 e. The van der Waals surface area contributed by atoms with Gasteiger partial charge in [0.2, 0.25) is 0 Å². The maximum atomic E-state index is 5.31. The van der Waals surface area contributed by atoms with Gasteiger partial charge in [0, 0.05) is 24.6 Å². The zero-order chi connectivity index (χ0) is 8.39. The molecule has 3 nitrogen and oxygen atoms in total. The van der Waals surface area contributed by atoms with Crippen LogP contribution >= 0.6 is 11.8 Å². The monoisotopic (exact) mass is 184 g/mol. The molecule has 1 saturated heterocycles. The first-order chi connectivity index (χ1) is 5.86. The van der Waals surface area contributed by atoms with Crippen LogP contribution in [0.4, 0.5) is 6.01 Å². The highest BCUT2D eigenvalue weighted by molar-refractivity contribution is 7.99. The number of hydrogen-bond donors (Lipinski definition) is 0. The maximum absolute atomic E-state index is 5.31. The Morgan fingerprint density at radius 2 is 2.25 bits per heavy atom. The van der Waals surface area contributed by atoms with Crippen molar-refractivity contribution >= 4 is 17.8 Å². The van der Waals surface area contributed by atoms with Crippen LogP contribution in [0.3, 0.4) is 0 Å². The number of oxazole rings is 1. The first-order valence-corrected chi connectivity index (χ1v) is 5.26. The van der Waals surface area contributed by atoms with Gasteiger partial charge < -0.3 is 9.32 Å². The molecule has 0 radical (unpaired) electrons. The molecule has 0 unspecified atom stereocenters. The standard InChI is InChI=1S/C8H12N2OS/c1-7-6-11-8(9-7)10-2-4-12-5-3-10/h6H,2-5H2,1H3. The van der Waals surface area contributed by atoms with Gasteiger partial charge in [-0.2, -0.15) is 16.7 Å². The third-order valence-corrected chi connectivity index (χ3v) is 2.83. The summed E-state index contributed by atoms with van der Waals surface area (Å²) >= 11 is 1.99. The van der Waals surface area contributed by atoms with Gasteiger partial charge in [0.1, 0.15) is 6.26 Å². The molecule has 1 fully saturated rings. The van der Waals surface area contributed by atoms with E-state index < -0.39 is 0 Å². The Balaban J connectivity index is 2.08. The van der Waals surface area contributed by atoms with Crippen molar-refractivity contribution in [1.29, 1.82) is 0 Å². The molecule has 0 bridgehead atoms. The highest BCUT2D eigenvalue weighted by atomic mass is 32.2. The molecule has 0 amide bonds. The summed E-state index contributed by atoms with van der Waals surface area (Å²) in [6.45, 7) is 4.07. The van der Waals surface area contributed by atoms with Crippen LogP contribution in [0.15, 0.2) is 10.7 Å². The van der Waals surface area contributed by atoms with Crippen molar-refractivity contribution < 1.29 is 4.42 Å². The van der Waals surface area contributed by atoms with Crippen LogP contribution in [-0.2, 0) is 0 Å². The molecule has 1 aromatic heterocycles. The Bertz CT molecular complexity index is 255. The van der Waals surface area contributed by atoms with Crippen molar-refractivity contribution in [3.63, 3.8) is 0 Å². The van der Waals surface area contributed by atoms with E-state index in [0.29, 0.717) is 0 Å². The predicted octanol–water partition coefficient (Wildman–Crippen LogP) is 1.54. The molecule has 66 valence electrons. The highest BCUT2D eigenvalue weighted by Crippen LogP contribution is 2.17. The second-order valence-electron chi connectivity index (χ2n) is 2.87. The summed E-state index contributed by atoms with van der Waals surface area (Å²) in [4.78, 5) is 6.48. The number of anilines is 1. The maximum Gasteiger partial charge on any atom is 0.297 e. The van der Waals surface area contributed by atoms with Gasteiger partial charge in [-0.25, -0.2) is 0 Å². The number of nitrogens with zero attached hydrogens (tertiary/aromatic N) is 2. The lowest BCUT2D eigenvalue weighted by Gasteiger charge is -2.24. The van der Waals surface area contributed by atoms with Crippen LogP contribution in [0.2, 0.25) is 0 Å². The van der Waals surface area contributed by atoms with Crippen molar-refractivity contribution in [2.45, 2.75) is 6.92 Å². The van der Waals surface area contributed by atoms with E-state index in [2.05, 4.69) is 9.88 Å². The summed E-state index contributed by atoms with van der Waals surface area (Å²) < 4.78 is 5.31. The molecule has 0 N–H and O–H groups in total. The zero-order valence-corrected chi connectivity index (χ0v) is 7.93. The number of aromatic nitrogens is 1. The number of thioether (sulfide) groups is 1. The molecular weight excluding hydrogens is 172 g/mol. The largest absolute Gasteiger partial charge is 0.432 e. The SMILES string of the molecule is Cc1coc(N2CCSCC2)n1. The Kier molecular flexibility index (Phi) is 2.26. The quantitative estimate of drug-likeness (QED) is 0.662. The van der Waals surface area contributed by atoms with Crippen LogP contribution in [0.5, 0.6) is 0 Å². The second-order valence-corrected chi connectivity index (χ2v) is 4.10. The Morgan fingerprint density at radius 3 is 2.83 bits per heavy atom. The fourth-order valence-corrected chi connectivity index (χ4v) is 2.14. The van der Waals surface area contributed by atoms with Crippen LogP contribution in [0, 0.1) is 6.92 Å². The molecule has 0 aromatic carbocycles. The minimum absolute atomic E-state index is 0.785. The molecule has 1 aliphatic rings. The lowest BCUT2D eigenvalue weighted by Crippen LogP contribution is -2.32. The van der Waals surface area contributed by atoms with Crippen molar-refractivity contribution in [2.24, 2.45) is 0 Å². The van der Waals surface area contributed by atoms with Crippen molar-refractivity contribution in [2.75, 3.05) is 29.5 Å². The second kappa shape index (κ2) is 3.39. The molecule has 1 aliphatic heterocycles. The van der Waals surface area contributed by atoms with Crippen LogP contribution in [0.1, 0.15) is 5.69 Å². The molecule has 12 heavy (non-hydrogen) atoms. The number of hydrogen-bond acceptors (Lipinski definition) is 4. The summed E-state index contributed by atoms with van der Waals surface area (Å²) in [7, 11) is 0. The fourth-order valence-electron chi connectivity index (χ4n) is 1.24. The summed E-state index contributed by atoms with van der Waals surface area (Å²) in [5.74, 6) is 2.36. The van der Waals surface area contributed by atoms with Gasteiger partial charge in [0.15, 0.2) is 0 Å². The molecule has 0 aliphatic carbocycles. The van der Waals surface area contributed by atoms with E-state index in [-0.39, 0.29) is 0 Å². The molecular formula is C8H12N2OS. The van der Waals surface area contributed by atoms with Crippen LogP contribution < -0.4 is 4.90 Å². The summed E-state index contributed by atoms with van der Waals surface area (Å²) in [6.07, 6.45) is 1.71. The summed E-state index contributed by atoms with van der Waals surface area (Å²) in [5, 5.41) is 0. The Hall–Kier alpha value is -0.640. The van der Waals surface area contributed by atoms with E-state index in [9.17, 15) is 0 Å². The molecule has 2 heterocycles. The lowest BCUT2D eigenvalue weighted by atomic mass is 10.5. The molecule has 1 aromatic rings. The topological polar surface area (TPSA) is 29.3 Å². The van der Waals surface area contributed by atoms with Crippen LogP contribution in [-0.4, -0.2) is 29.6 Å². The summed E-state index contributed by atoms with van der Waals surface area (Å²) in [5.41, 5.74) is 0.961. The zero-order valence-electron chi connectivity index (χ0n) is 7.12. The predicted molar refractivity (Wildman–Crippen MR) is 50.8 cm³/mol. The number of rotatable bonds is 1. The van der Waals surface area contributed by atoms with Crippen molar-refractivity contribution in [3.05, 3.63) is 12.0 Å². The molecule has 0 spiro atoms. The first-order valence-electron chi connectivity index (χ1n) is 4.11. The number of aryl methyl sites for hydroxylation is 1.